The fraction of sp³-hybridized carbons (Fsp3) is 0.389. The maximum atomic E-state index is 12.3. The molecule has 3 rings (SSSR count). The maximum Gasteiger partial charge on any atom is 0.239 e. The molecule has 0 aliphatic rings. The molecule has 0 saturated heterocycles. The SMILES string of the molecule is Cc1ccc(OCc2nnc(SC(C)C(=O)Nc3nnc(C)s3)n2C)c(C)c1. The number of carbonyl (C=O) groups is 1. The fourth-order valence-electron chi connectivity index (χ4n) is 2.44. The summed E-state index contributed by atoms with van der Waals surface area (Å²) in [5.74, 6) is 1.36. The number of amides is 1. The molecule has 1 unspecified atom stereocenters. The van der Waals surface area contributed by atoms with Crippen LogP contribution in [0.5, 0.6) is 5.75 Å². The first-order valence-electron chi connectivity index (χ1n) is 8.69. The summed E-state index contributed by atoms with van der Waals surface area (Å²) in [6.45, 7) is 8.02. The van der Waals surface area contributed by atoms with Gasteiger partial charge in [0.2, 0.25) is 11.0 Å². The van der Waals surface area contributed by atoms with Crippen LogP contribution in [0.4, 0.5) is 5.13 Å². The second kappa shape index (κ2) is 8.70. The van der Waals surface area contributed by atoms with E-state index >= 15 is 0 Å². The second-order valence-electron chi connectivity index (χ2n) is 6.39. The Labute approximate surface area is 171 Å². The number of carbonyl (C=O) groups excluding carboxylic acids is 1. The zero-order valence-electron chi connectivity index (χ0n) is 16.4. The summed E-state index contributed by atoms with van der Waals surface area (Å²) in [7, 11) is 1.86. The standard InChI is InChI=1S/C18H22N6O2S2/c1-10-6-7-14(11(2)8-10)26-9-15-21-23-18(24(15)5)27-12(3)16(25)19-17-22-20-13(4)28-17/h6-8,12H,9H2,1-5H3,(H,19,22,25). The van der Waals surface area contributed by atoms with E-state index in [1.165, 1.54) is 28.7 Å². The lowest BCUT2D eigenvalue weighted by Crippen LogP contribution is -2.22. The highest BCUT2D eigenvalue weighted by Crippen LogP contribution is 2.24. The van der Waals surface area contributed by atoms with Gasteiger partial charge in [-0.1, -0.05) is 40.8 Å². The summed E-state index contributed by atoms with van der Waals surface area (Å²) >= 11 is 2.67. The van der Waals surface area contributed by atoms with Crippen molar-refractivity contribution in [2.45, 2.75) is 44.7 Å². The van der Waals surface area contributed by atoms with Gasteiger partial charge in [-0.3, -0.25) is 10.1 Å². The number of ether oxygens (including phenoxy) is 1. The average molecular weight is 419 g/mol. The Kier molecular flexibility index (Phi) is 6.30. The van der Waals surface area contributed by atoms with Crippen molar-refractivity contribution < 1.29 is 9.53 Å². The lowest BCUT2D eigenvalue weighted by Gasteiger charge is -2.11. The van der Waals surface area contributed by atoms with Gasteiger partial charge in [0.1, 0.15) is 17.4 Å². The van der Waals surface area contributed by atoms with Gasteiger partial charge in [0.25, 0.3) is 0 Å². The lowest BCUT2D eigenvalue weighted by atomic mass is 10.1. The Hall–Kier alpha value is -2.46. The summed E-state index contributed by atoms with van der Waals surface area (Å²) in [5, 5.41) is 20.5. The Morgan fingerprint density at radius 1 is 1.25 bits per heavy atom. The molecule has 0 bridgehead atoms. The molecule has 1 aromatic carbocycles. The van der Waals surface area contributed by atoms with Crippen LogP contribution in [0.25, 0.3) is 0 Å². The van der Waals surface area contributed by atoms with Crippen LogP contribution >= 0.6 is 23.1 Å². The minimum Gasteiger partial charge on any atom is -0.485 e. The summed E-state index contributed by atoms with van der Waals surface area (Å²) in [5.41, 5.74) is 2.27. The number of nitrogens with zero attached hydrogens (tertiary/aromatic N) is 5. The van der Waals surface area contributed by atoms with Crippen molar-refractivity contribution in [3.8, 4) is 5.75 Å². The number of benzene rings is 1. The van der Waals surface area contributed by atoms with Gasteiger partial charge in [-0.15, -0.1) is 20.4 Å². The summed E-state index contributed by atoms with van der Waals surface area (Å²) in [6, 6.07) is 6.05. The van der Waals surface area contributed by atoms with Crippen LogP contribution in [0.2, 0.25) is 0 Å². The molecular weight excluding hydrogens is 396 g/mol. The molecule has 0 aliphatic carbocycles. The van der Waals surface area contributed by atoms with Crippen molar-refractivity contribution in [1.29, 1.82) is 0 Å². The van der Waals surface area contributed by atoms with Gasteiger partial charge in [-0.25, -0.2) is 0 Å². The van der Waals surface area contributed by atoms with Crippen LogP contribution in [-0.4, -0.2) is 36.1 Å². The van der Waals surface area contributed by atoms with Crippen LogP contribution in [0.3, 0.4) is 0 Å². The van der Waals surface area contributed by atoms with Crippen LogP contribution < -0.4 is 10.1 Å². The van der Waals surface area contributed by atoms with E-state index in [1.807, 2.05) is 51.4 Å². The van der Waals surface area contributed by atoms with Gasteiger partial charge in [0.05, 0.1) is 5.25 Å². The molecular formula is C18H22N6O2S2. The zero-order chi connectivity index (χ0) is 20.3. The molecule has 2 aromatic heterocycles. The van der Waals surface area contributed by atoms with Gasteiger partial charge < -0.3 is 9.30 Å². The van der Waals surface area contributed by atoms with Crippen molar-refractivity contribution in [3.63, 3.8) is 0 Å². The van der Waals surface area contributed by atoms with E-state index < -0.39 is 0 Å². The molecule has 8 nitrogen and oxygen atoms in total. The molecule has 2 heterocycles. The molecule has 3 aromatic rings. The van der Waals surface area contributed by atoms with Gasteiger partial charge in [0, 0.05) is 7.05 Å². The van der Waals surface area contributed by atoms with E-state index in [0.29, 0.717) is 22.7 Å². The quantitative estimate of drug-likeness (QED) is 0.588. The highest BCUT2D eigenvalue weighted by molar-refractivity contribution is 8.00. The van der Waals surface area contributed by atoms with E-state index in [2.05, 4.69) is 31.8 Å². The highest BCUT2D eigenvalue weighted by atomic mass is 32.2. The number of hydrogen-bond donors (Lipinski definition) is 1. The van der Waals surface area contributed by atoms with Gasteiger partial charge in [-0.2, -0.15) is 0 Å². The minimum absolute atomic E-state index is 0.155. The molecule has 148 valence electrons. The van der Waals surface area contributed by atoms with Crippen molar-refractivity contribution >= 4 is 34.1 Å². The molecule has 1 amide bonds. The van der Waals surface area contributed by atoms with Gasteiger partial charge >= 0.3 is 0 Å². The Balaban J connectivity index is 1.59. The Morgan fingerprint density at radius 2 is 2.04 bits per heavy atom. The topological polar surface area (TPSA) is 94.8 Å². The monoisotopic (exact) mass is 418 g/mol. The fourth-order valence-corrected chi connectivity index (χ4v) is 3.87. The summed E-state index contributed by atoms with van der Waals surface area (Å²) in [4.78, 5) is 12.3. The number of aryl methyl sites for hydroxylation is 3. The molecule has 0 spiro atoms. The first kappa shape index (κ1) is 20.3. The third-order valence-corrected chi connectivity index (χ3v) is 5.91. The summed E-state index contributed by atoms with van der Waals surface area (Å²) < 4.78 is 7.72. The average Bonchev–Trinajstić information content (AvgIpc) is 3.20. The Morgan fingerprint density at radius 3 is 2.71 bits per heavy atom. The number of anilines is 1. The smallest absolute Gasteiger partial charge is 0.239 e. The van der Waals surface area contributed by atoms with Gasteiger partial charge in [-0.05, 0) is 39.3 Å². The van der Waals surface area contributed by atoms with Gasteiger partial charge in [0.15, 0.2) is 11.0 Å². The van der Waals surface area contributed by atoms with Crippen LogP contribution in [-0.2, 0) is 18.4 Å². The van der Waals surface area contributed by atoms with E-state index in [-0.39, 0.29) is 11.2 Å². The third kappa shape index (κ3) is 4.87. The zero-order valence-corrected chi connectivity index (χ0v) is 18.0. The molecule has 10 heteroatoms. The molecule has 0 aliphatic heterocycles. The van der Waals surface area contributed by atoms with E-state index in [1.54, 1.807) is 0 Å². The normalized spacial score (nSPS) is 12.0. The Bertz CT molecular complexity index is 984. The molecule has 0 radical (unpaired) electrons. The predicted octanol–water partition coefficient (Wildman–Crippen LogP) is 3.29. The minimum atomic E-state index is -0.361. The van der Waals surface area contributed by atoms with E-state index in [4.69, 9.17) is 4.74 Å². The van der Waals surface area contributed by atoms with E-state index in [9.17, 15) is 4.79 Å². The summed E-state index contributed by atoms with van der Waals surface area (Å²) in [6.07, 6.45) is 0. The van der Waals surface area contributed by atoms with Crippen molar-refractivity contribution in [2.24, 2.45) is 7.05 Å². The first-order chi connectivity index (χ1) is 13.3. The highest BCUT2D eigenvalue weighted by Gasteiger charge is 2.20. The van der Waals surface area contributed by atoms with E-state index in [0.717, 1.165) is 16.3 Å². The number of thioether (sulfide) groups is 1. The second-order valence-corrected chi connectivity index (χ2v) is 8.88. The van der Waals surface area contributed by atoms with Crippen molar-refractivity contribution in [1.82, 2.24) is 25.0 Å². The molecule has 0 fully saturated rings. The van der Waals surface area contributed by atoms with Crippen LogP contribution in [0.1, 0.15) is 28.9 Å². The molecule has 28 heavy (non-hydrogen) atoms. The number of rotatable bonds is 7. The predicted molar refractivity (Wildman–Crippen MR) is 110 cm³/mol. The third-order valence-electron chi connectivity index (χ3n) is 4.02. The molecule has 1 N–H and O–H groups in total. The van der Waals surface area contributed by atoms with Crippen LogP contribution in [0, 0.1) is 20.8 Å². The van der Waals surface area contributed by atoms with Crippen LogP contribution in [0.15, 0.2) is 23.4 Å². The number of aromatic nitrogens is 5. The lowest BCUT2D eigenvalue weighted by molar-refractivity contribution is -0.115. The number of hydrogen-bond acceptors (Lipinski definition) is 8. The first-order valence-corrected chi connectivity index (χ1v) is 10.4. The number of nitrogens with one attached hydrogen (secondary N) is 1. The molecule has 1 atom stereocenters. The molecule has 0 saturated carbocycles. The maximum absolute atomic E-state index is 12.3. The van der Waals surface area contributed by atoms with Crippen molar-refractivity contribution in [3.05, 3.63) is 40.2 Å². The van der Waals surface area contributed by atoms with Crippen molar-refractivity contribution in [2.75, 3.05) is 5.32 Å². The largest absolute Gasteiger partial charge is 0.485 e.